The molecule has 4 nitrogen and oxygen atoms in total. The van der Waals surface area contributed by atoms with Crippen LogP contribution >= 0.6 is 0 Å². The zero-order valence-corrected chi connectivity index (χ0v) is 8.59. The summed E-state index contributed by atoms with van der Waals surface area (Å²) in [5.74, 6) is -0.842. The molecule has 4 heteroatoms. The zero-order chi connectivity index (χ0) is 11.5. The standard InChI is InChI=1S/C12H11NO3/c14-8-9-7-13(6-5-12(15)16)11-4-2-1-3-10(9)11/h1-4,7-8H,5-6H2,(H,15,16). The van der Waals surface area contributed by atoms with Crippen molar-refractivity contribution in [2.24, 2.45) is 0 Å². The molecule has 1 aromatic heterocycles. The Morgan fingerprint density at radius 3 is 2.81 bits per heavy atom. The number of nitrogens with zero attached hydrogens (tertiary/aromatic N) is 1. The molecule has 1 N–H and O–H groups in total. The van der Waals surface area contributed by atoms with E-state index in [0.29, 0.717) is 12.1 Å². The zero-order valence-electron chi connectivity index (χ0n) is 8.59. The van der Waals surface area contributed by atoms with Gasteiger partial charge in [-0.15, -0.1) is 0 Å². The van der Waals surface area contributed by atoms with Crippen LogP contribution < -0.4 is 0 Å². The van der Waals surface area contributed by atoms with E-state index < -0.39 is 5.97 Å². The first-order valence-electron chi connectivity index (χ1n) is 4.97. The normalized spacial score (nSPS) is 10.5. The molecule has 16 heavy (non-hydrogen) atoms. The minimum atomic E-state index is -0.842. The van der Waals surface area contributed by atoms with Crippen LogP contribution in [-0.4, -0.2) is 21.9 Å². The molecule has 0 saturated heterocycles. The smallest absolute Gasteiger partial charge is 0.305 e. The molecular formula is C12H11NO3. The fourth-order valence-corrected chi connectivity index (χ4v) is 1.77. The van der Waals surface area contributed by atoms with E-state index in [-0.39, 0.29) is 6.42 Å². The Balaban J connectivity index is 2.45. The van der Waals surface area contributed by atoms with Gasteiger partial charge in [0.05, 0.1) is 6.42 Å². The average Bonchev–Trinajstić information content (AvgIpc) is 2.65. The van der Waals surface area contributed by atoms with Crippen LogP contribution in [0.15, 0.2) is 30.5 Å². The molecule has 1 aromatic carbocycles. The summed E-state index contributed by atoms with van der Waals surface area (Å²) in [5.41, 5.74) is 1.49. The van der Waals surface area contributed by atoms with Crippen molar-refractivity contribution in [2.45, 2.75) is 13.0 Å². The third-order valence-electron chi connectivity index (χ3n) is 2.51. The maximum atomic E-state index is 10.8. The molecule has 0 aliphatic carbocycles. The number of fused-ring (bicyclic) bond motifs is 1. The van der Waals surface area contributed by atoms with Crippen LogP contribution in [0.4, 0.5) is 0 Å². The molecule has 2 aromatic rings. The van der Waals surface area contributed by atoms with E-state index in [2.05, 4.69) is 0 Å². The molecule has 1 heterocycles. The van der Waals surface area contributed by atoms with E-state index in [1.807, 2.05) is 24.3 Å². The number of benzene rings is 1. The topological polar surface area (TPSA) is 59.3 Å². The van der Waals surface area contributed by atoms with Crippen molar-refractivity contribution in [3.8, 4) is 0 Å². The molecule has 0 bridgehead atoms. The van der Waals surface area contributed by atoms with Crippen molar-refractivity contribution in [3.05, 3.63) is 36.0 Å². The van der Waals surface area contributed by atoms with Crippen LogP contribution in [-0.2, 0) is 11.3 Å². The predicted molar refractivity (Wildman–Crippen MR) is 59.6 cm³/mol. The number of aliphatic carboxylic acids is 1. The Morgan fingerprint density at radius 1 is 1.38 bits per heavy atom. The lowest BCUT2D eigenvalue weighted by Gasteiger charge is -2.01. The first kappa shape index (κ1) is 10.4. The average molecular weight is 217 g/mol. The lowest BCUT2D eigenvalue weighted by molar-refractivity contribution is -0.137. The highest BCUT2D eigenvalue weighted by Crippen LogP contribution is 2.20. The lowest BCUT2D eigenvalue weighted by Crippen LogP contribution is -2.03. The van der Waals surface area contributed by atoms with Crippen molar-refractivity contribution in [2.75, 3.05) is 0 Å². The van der Waals surface area contributed by atoms with Gasteiger partial charge in [0.2, 0.25) is 0 Å². The number of carboxylic acid groups (broad SMARTS) is 1. The molecular weight excluding hydrogens is 206 g/mol. The van der Waals surface area contributed by atoms with Crippen LogP contribution in [0.1, 0.15) is 16.8 Å². The van der Waals surface area contributed by atoms with Crippen molar-refractivity contribution in [3.63, 3.8) is 0 Å². The number of carboxylic acids is 1. The number of para-hydroxylation sites is 1. The van der Waals surface area contributed by atoms with E-state index in [1.165, 1.54) is 0 Å². The van der Waals surface area contributed by atoms with Crippen molar-refractivity contribution >= 4 is 23.2 Å². The molecule has 0 radical (unpaired) electrons. The monoisotopic (exact) mass is 217 g/mol. The highest BCUT2D eigenvalue weighted by Gasteiger charge is 2.07. The minimum absolute atomic E-state index is 0.0526. The van der Waals surface area contributed by atoms with Crippen LogP contribution in [0, 0.1) is 0 Å². The number of hydrogen-bond acceptors (Lipinski definition) is 2. The molecule has 0 aliphatic heterocycles. The van der Waals surface area contributed by atoms with Crippen LogP contribution in [0.3, 0.4) is 0 Å². The second kappa shape index (κ2) is 4.18. The number of rotatable bonds is 4. The molecule has 0 atom stereocenters. The fraction of sp³-hybridized carbons (Fsp3) is 0.167. The van der Waals surface area contributed by atoms with E-state index in [4.69, 9.17) is 5.11 Å². The Kier molecular flexibility index (Phi) is 2.72. The fourth-order valence-electron chi connectivity index (χ4n) is 1.77. The quantitative estimate of drug-likeness (QED) is 0.796. The van der Waals surface area contributed by atoms with E-state index in [1.54, 1.807) is 10.8 Å². The first-order chi connectivity index (χ1) is 7.72. The predicted octanol–water partition coefficient (Wildman–Crippen LogP) is 1.93. The second-order valence-corrected chi connectivity index (χ2v) is 3.56. The number of carbonyl (C=O) groups is 2. The number of aryl methyl sites for hydroxylation is 1. The van der Waals surface area contributed by atoms with Gasteiger partial charge in [-0.05, 0) is 6.07 Å². The molecule has 0 aliphatic rings. The summed E-state index contributed by atoms with van der Waals surface area (Å²) < 4.78 is 1.80. The lowest BCUT2D eigenvalue weighted by atomic mass is 10.2. The molecule has 0 spiro atoms. The summed E-state index contributed by atoms with van der Waals surface area (Å²) in [6, 6.07) is 7.46. The van der Waals surface area contributed by atoms with Crippen LogP contribution in [0.25, 0.3) is 10.9 Å². The van der Waals surface area contributed by atoms with Gasteiger partial charge in [-0.1, -0.05) is 18.2 Å². The maximum absolute atomic E-state index is 10.8. The molecule has 0 saturated carbocycles. The largest absolute Gasteiger partial charge is 0.481 e. The Bertz CT molecular complexity index is 542. The van der Waals surface area contributed by atoms with Gasteiger partial charge in [0, 0.05) is 29.2 Å². The molecule has 0 amide bonds. The summed E-state index contributed by atoms with van der Waals surface area (Å²) in [6.45, 7) is 0.379. The highest BCUT2D eigenvalue weighted by atomic mass is 16.4. The van der Waals surface area contributed by atoms with Crippen LogP contribution in [0.2, 0.25) is 0 Å². The van der Waals surface area contributed by atoms with Gasteiger partial charge in [0.15, 0.2) is 6.29 Å². The van der Waals surface area contributed by atoms with Crippen molar-refractivity contribution in [1.29, 1.82) is 0 Å². The number of aldehydes is 1. The van der Waals surface area contributed by atoms with E-state index in [0.717, 1.165) is 17.2 Å². The van der Waals surface area contributed by atoms with Gasteiger partial charge in [-0.25, -0.2) is 0 Å². The minimum Gasteiger partial charge on any atom is -0.481 e. The summed E-state index contributed by atoms with van der Waals surface area (Å²) in [5, 5.41) is 9.49. The summed E-state index contributed by atoms with van der Waals surface area (Å²) in [6.07, 6.45) is 2.54. The maximum Gasteiger partial charge on any atom is 0.305 e. The third-order valence-corrected chi connectivity index (χ3v) is 2.51. The number of aromatic nitrogens is 1. The SMILES string of the molecule is O=Cc1cn(CCC(=O)O)c2ccccc12. The van der Waals surface area contributed by atoms with Gasteiger partial charge >= 0.3 is 5.97 Å². The highest BCUT2D eigenvalue weighted by molar-refractivity contribution is 5.97. The molecule has 2 rings (SSSR count). The van der Waals surface area contributed by atoms with E-state index in [9.17, 15) is 9.59 Å². The van der Waals surface area contributed by atoms with Gasteiger partial charge in [-0.3, -0.25) is 9.59 Å². The summed E-state index contributed by atoms with van der Waals surface area (Å²) in [7, 11) is 0. The summed E-state index contributed by atoms with van der Waals surface area (Å²) in [4.78, 5) is 21.3. The summed E-state index contributed by atoms with van der Waals surface area (Å²) >= 11 is 0. The Morgan fingerprint density at radius 2 is 2.12 bits per heavy atom. The third kappa shape index (κ3) is 1.82. The van der Waals surface area contributed by atoms with Gasteiger partial charge < -0.3 is 9.67 Å². The Hall–Kier alpha value is -2.10. The van der Waals surface area contributed by atoms with Crippen LogP contribution in [0.5, 0.6) is 0 Å². The van der Waals surface area contributed by atoms with Gasteiger partial charge in [0.25, 0.3) is 0 Å². The first-order valence-corrected chi connectivity index (χ1v) is 4.97. The van der Waals surface area contributed by atoms with Gasteiger partial charge in [0.1, 0.15) is 0 Å². The molecule has 0 fully saturated rings. The van der Waals surface area contributed by atoms with Gasteiger partial charge in [-0.2, -0.15) is 0 Å². The van der Waals surface area contributed by atoms with Crippen molar-refractivity contribution in [1.82, 2.24) is 4.57 Å². The Labute approximate surface area is 92.1 Å². The van der Waals surface area contributed by atoms with Crippen molar-refractivity contribution < 1.29 is 14.7 Å². The number of hydrogen-bond donors (Lipinski definition) is 1. The second-order valence-electron chi connectivity index (χ2n) is 3.56. The molecule has 0 unspecified atom stereocenters. The number of carbonyl (C=O) groups excluding carboxylic acids is 1. The molecule has 82 valence electrons. The van der Waals surface area contributed by atoms with E-state index >= 15 is 0 Å².